The van der Waals surface area contributed by atoms with Gasteiger partial charge in [-0.15, -0.1) is 0 Å². The summed E-state index contributed by atoms with van der Waals surface area (Å²) < 4.78 is 16.1. The summed E-state index contributed by atoms with van der Waals surface area (Å²) in [5, 5.41) is 2.87. The fraction of sp³-hybridized carbons (Fsp3) is 0.0769. The lowest BCUT2D eigenvalue weighted by Gasteiger charge is -2.07. The lowest BCUT2D eigenvalue weighted by Crippen LogP contribution is -2.20. The average Bonchev–Trinajstić information content (AvgIpc) is 3.23. The molecule has 4 nitrogen and oxygen atoms in total. The predicted octanol–water partition coefficient (Wildman–Crippen LogP) is 5.32. The van der Waals surface area contributed by atoms with E-state index in [0.717, 1.165) is 22.4 Å². The van der Waals surface area contributed by atoms with Gasteiger partial charge in [-0.3, -0.25) is 4.79 Å². The first-order valence-electron chi connectivity index (χ1n) is 9.99. The maximum atomic E-state index is 14.4. The standard InChI is InChI=1S/C26H22FN3O/c1-19-17-30(18-29-19)25-12-10-20(15-24(25)27)11-13-26(31)28-16-21-6-5-9-23(14-21)22-7-3-2-4-8-22/h2-15,17-18H,16H2,1H3,(H,28,31)/b13-11+. The molecule has 31 heavy (non-hydrogen) atoms. The number of nitrogens with zero attached hydrogens (tertiary/aromatic N) is 2. The first-order chi connectivity index (χ1) is 15.1. The molecular formula is C26H22FN3O. The molecule has 3 aromatic carbocycles. The lowest BCUT2D eigenvalue weighted by atomic mass is 10.0. The number of imidazole rings is 1. The highest BCUT2D eigenvalue weighted by molar-refractivity contribution is 5.91. The Morgan fingerprint density at radius 2 is 1.84 bits per heavy atom. The molecule has 0 aliphatic carbocycles. The third-order valence-corrected chi connectivity index (χ3v) is 4.89. The zero-order chi connectivity index (χ0) is 21.6. The molecule has 5 heteroatoms. The van der Waals surface area contributed by atoms with E-state index in [4.69, 9.17) is 0 Å². The Morgan fingerprint density at radius 3 is 2.58 bits per heavy atom. The zero-order valence-electron chi connectivity index (χ0n) is 17.1. The van der Waals surface area contributed by atoms with E-state index in [9.17, 15) is 9.18 Å². The summed E-state index contributed by atoms with van der Waals surface area (Å²) in [7, 11) is 0. The van der Waals surface area contributed by atoms with Gasteiger partial charge in [0.25, 0.3) is 0 Å². The summed E-state index contributed by atoms with van der Waals surface area (Å²) in [6, 6.07) is 23.0. The average molecular weight is 411 g/mol. The van der Waals surface area contributed by atoms with Crippen LogP contribution in [0, 0.1) is 12.7 Å². The fourth-order valence-electron chi connectivity index (χ4n) is 3.30. The number of carbonyl (C=O) groups excluding carboxylic acids is 1. The highest BCUT2D eigenvalue weighted by Crippen LogP contribution is 2.20. The molecule has 4 rings (SSSR count). The van der Waals surface area contributed by atoms with E-state index in [-0.39, 0.29) is 11.7 Å². The zero-order valence-corrected chi connectivity index (χ0v) is 17.1. The second-order valence-electron chi connectivity index (χ2n) is 7.25. The highest BCUT2D eigenvalue weighted by atomic mass is 19.1. The number of aromatic nitrogens is 2. The van der Waals surface area contributed by atoms with Crippen molar-refractivity contribution in [1.29, 1.82) is 0 Å². The van der Waals surface area contributed by atoms with E-state index in [1.54, 1.807) is 35.3 Å². The van der Waals surface area contributed by atoms with Crippen molar-refractivity contribution in [2.24, 2.45) is 0 Å². The van der Waals surface area contributed by atoms with Crippen molar-refractivity contribution in [2.45, 2.75) is 13.5 Å². The molecule has 0 saturated carbocycles. The predicted molar refractivity (Wildman–Crippen MR) is 121 cm³/mol. The Bertz CT molecular complexity index is 1230. The van der Waals surface area contributed by atoms with E-state index >= 15 is 0 Å². The number of carbonyl (C=O) groups is 1. The molecule has 154 valence electrons. The van der Waals surface area contributed by atoms with Crippen molar-refractivity contribution in [3.05, 3.63) is 114 Å². The van der Waals surface area contributed by atoms with Gasteiger partial charge in [-0.05, 0) is 53.5 Å². The minimum Gasteiger partial charge on any atom is -0.348 e. The van der Waals surface area contributed by atoms with Crippen LogP contribution < -0.4 is 5.32 Å². The summed E-state index contributed by atoms with van der Waals surface area (Å²) >= 11 is 0. The van der Waals surface area contributed by atoms with Gasteiger partial charge in [0.05, 0.1) is 17.7 Å². The molecule has 4 aromatic rings. The van der Waals surface area contributed by atoms with Gasteiger partial charge in [0.1, 0.15) is 5.82 Å². The van der Waals surface area contributed by atoms with Crippen molar-refractivity contribution < 1.29 is 9.18 Å². The third-order valence-electron chi connectivity index (χ3n) is 4.89. The number of benzene rings is 3. The van der Waals surface area contributed by atoms with Crippen LogP contribution in [0.5, 0.6) is 0 Å². The quantitative estimate of drug-likeness (QED) is 0.437. The van der Waals surface area contributed by atoms with Gasteiger partial charge >= 0.3 is 0 Å². The molecule has 0 unspecified atom stereocenters. The Kier molecular flexibility index (Phi) is 6.03. The van der Waals surface area contributed by atoms with Crippen LogP contribution in [-0.2, 0) is 11.3 Å². The van der Waals surface area contributed by atoms with Crippen molar-refractivity contribution in [3.63, 3.8) is 0 Å². The van der Waals surface area contributed by atoms with Crippen LogP contribution in [0.3, 0.4) is 0 Å². The summed E-state index contributed by atoms with van der Waals surface area (Å²) in [6.45, 7) is 2.26. The van der Waals surface area contributed by atoms with Crippen LogP contribution in [0.1, 0.15) is 16.8 Å². The molecule has 0 aliphatic rings. The SMILES string of the molecule is Cc1cn(-c2ccc(/C=C/C(=O)NCc3cccc(-c4ccccc4)c3)cc2F)cn1. The Balaban J connectivity index is 1.37. The van der Waals surface area contributed by atoms with E-state index in [0.29, 0.717) is 17.8 Å². The van der Waals surface area contributed by atoms with Crippen molar-refractivity contribution in [2.75, 3.05) is 0 Å². The molecule has 1 heterocycles. The summed E-state index contributed by atoms with van der Waals surface area (Å²) in [4.78, 5) is 16.3. The molecule has 1 amide bonds. The smallest absolute Gasteiger partial charge is 0.244 e. The first kappa shape index (κ1) is 20.3. The number of hydrogen-bond donors (Lipinski definition) is 1. The summed E-state index contributed by atoms with van der Waals surface area (Å²) in [6.07, 6.45) is 6.34. The Labute approximate surface area is 180 Å². The Hall–Kier alpha value is -3.99. The molecular weight excluding hydrogens is 389 g/mol. The van der Waals surface area contributed by atoms with Gasteiger partial charge in [-0.2, -0.15) is 0 Å². The monoisotopic (exact) mass is 411 g/mol. The number of nitrogens with one attached hydrogen (secondary N) is 1. The molecule has 0 radical (unpaired) electrons. The van der Waals surface area contributed by atoms with Crippen LogP contribution in [0.25, 0.3) is 22.9 Å². The number of halogens is 1. The van der Waals surface area contributed by atoms with Crippen molar-refractivity contribution in [3.8, 4) is 16.8 Å². The van der Waals surface area contributed by atoms with E-state index in [1.165, 1.54) is 12.1 Å². The van der Waals surface area contributed by atoms with Crippen LogP contribution in [-0.4, -0.2) is 15.5 Å². The van der Waals surface area contributed by atoms with Crippen molar-refractivity contribution in [1.82, 2.24) is 14.9 Å². The van der Waals surface area contributed by atoms with E-state index in [1.807, 2.05) is 43.3 Å². The molecule has 0 spiro atoms. The molecule has 0 aliphatic heterocycles. The summed E-state index contributed by atoms with van der Waals surface area (Å²) in [5.74, 6) is -0.613. The van der Waals surface area contributed by atoms with Crippen LogP contribution in [0.4, 0.5) is 4.39 Å². The molecule has 0 fully saturated rings. The number of rotatable bonds is 6. The van der Waals surface area contributed by atoms with Gasteiger partial charge in [0, 0.05) is 18.8 Å². The normalized spacial score (nSPS) is 11.0. The van der Waals surface area contributed by atoms with Crippen molar-refractivity contribution >= 4 is 12.0 Å². The third kappa shape index (κ3) is 5.14. The topological polar surface area (TPSA) is 46.9 Å². The molecule has 0 bridgehead atoms. The molecule has 1 N–H and O–H groups in total. The second kappa shape index (κ2) is 9.22. The van der Waals surface area contributed by atoms with Crippen LogP contribution >= 0.6 is 0 Å². The minimum atomic E-state index is -0.377. The maximum Gasteiger partial charge on any atom is 0.244 e. The Morgan fingerprint density at radius 1 is 1.03 bits per heavy atom. The van der Waals surface area contributed by atoms with Gasteiger partial charge in [-0.1, -0.05) is 54.6 Å². The first-order valence-corrected chi connectivity index (χ1v) is 9.99. The highest BCUT2D eigenvalue weighted by Gasteiger charge is 2.06. The van der Waals surface area contributed by atoms with Gasteiger partial charge in [0.2, 0.25) is 5.91 Å². The summed E-state index contributed by atoms with van der Waals surface area (Å²) in [5.41, 5.74) is 5.08. The molecule has 1 aromatic heterocycles. The van der Waals surface area contributed by atoms with Crippen LogP contribution in [0.2, 0.25) is 0 Å². The molecule has 0 saturated heterocycles. The fourth-order valence-corrected chi connectivity index (χ4v) is 3.30. The molecule has 0 atom stereocenters. The maximum absolute atomic E-state index is 14.4. The number of hydrogen-bond acceptors (Lipinski definition) is 2. The van der Waals surface area contributed by atoms with E-state index < -0.39 is 0 Å². The largest absolute Gasteiger partial charge is 0.348 e. The van der Waals surface area contributed by atoms with Gasteiger partial charge in [-0.25, -0.2) is 9.37 Å². The minimum absolute atomic E-state index is 0.236. The number of aryl methyl sites for hydroxylation is 1. The van der Waals surface area contributed by atoms with Gasteiger partial charge in [0.15, 0.2) is 0 Å². The van der Waals surface area contributed by atoms with E-state index in [2.05, 4.69) is 28.5 Å². The lowest BCUT2D eigenvalue weighted by molar-refractivity contribution is -0.116. The number of amides is 1. The second-order valence-corrected chi connectivity index (χ2v) is 7.25. The van der Waals surface area contributed by atoms with Crippen LogP contribution in [0.15, 0.2) is 91.4 Å². The van der Waals surface area contributed by atoms with Gasteiger partial charge < -0.3 is 9.88 Å².